The van der Waals surface area contributed by atoms with Crippen molar-refractivity contribution in [3.8, 4) is 5.75 Å². The van der Waals surface area contributed by atoms with Crippen LogP contribution in [0.3, 0.4) is 0 Å². The van der Waals surface area contributed by atoms with Crippen molar-refractivity contribution in [1.29, 1.82) is 0 Å². The first kappa shape index (κ1) is 15.3. The van der Waals surface area contributed by atoms with Crippen LogP contribution < -0.4 is 15.4 Å². The van der Waals surface area contributed by atoms with Gasteiger partial charge in [-0.1, -0.05) is 12.1 Å². The van der Waals surface area contributed by atoms with Crippen molar-refractivity contribution < 1.29 is 9.47 Å². The van der Waals surface area contributed by atoms with E-state index in [1.807, 2.05) is 25.1 Å². The van der Waals surface area contributed by atoms with Gasteiger partial charge in [-0.2, -0.15) is 0 Å². The predicted molar refractivity (Wildman–Crippen MR) is 77.7 cm³/mol. The highest BCUT2D eigenvalue weighted by Gasteiger charge is 1.99. The molecule has 0 heterocycles. The Morgan fingerprint density at radius 2 is 2.16 bits per heavy atom. The number of aliphatic imine (C=N–C) groups is 1. The molecule has 2 N–H and O–H groups in total. The van der Waals surface area contributed by atoms with E-state index in [1.165, 1.54) is 0 Å². The molecule has 0 atom stereocenters. The second-order valence-electron chi connectivity index (χ2n) is 3.93. The molecule has 1 aromatic carbocycles. The summed E-state index contributed by atoms with van der Waals surface area (Å²) in [7, 11) is 3.43. The monoisotopic (exact) mass is 265 g/mol. The Hall–Kier alpha value is -1.75. The highest BCUT2D eigenvalue weighted by molar-refractivity contribution is 5.79. The third-order valence-electron chi connectivity index (χ3n) is 2.49. The standard InChI is InChI=1S/C14H23N3O2/c1-4-19-13-7-5-6-12(10-13)11-17-14(15-2)16-8-9-18-3/h5-7,10H,4,8-9,11H2,1-3H3,(H2,15,16,17). The van der Waals surface area contributed by atoms with Gasteiger partial charge in [-0.15, -0.1) is 0 Å². The average molecular weight is 265 g/mol. The van der Waals surface area contributed by atoms with E-state index in [4.69, 9.17) is 9.47 Å². The molecule has 0 bridgehead atoms. The minimum absolute atomic E-state index is 0.653. The zero-order valence-corrected chi connectivity index (χ0v) is 11.9. The van der Waals surface area contributed by atoms with Crippen molar-refractivity contribution in [3.05, 3.63) is 29.8 Å². The molecular formula is C14H23N3O2. The lowest BCUT2D eigenvalue weighted by Crippen LogP contribution is -2.38. The topological polar surface area (TPSA) is 54.9 Å². The minimum Gasteiger partial charge on any atom is -0.494 e. The van der Waals surface area contributed by atoms with Crippen LogP contribution >= 0.6 is 0 Å². The van der Waals surface area contributed by atoms with E-state index in [-0.39, 0.29) is 0 Å². The van der Waals surface area contributed by atoms with Gasteiger partial charge in [0.1, 0.15) is 5.75 Å². The van der Waals surface area contributed by atoms with E-state index in [1.54, 1.807) is 14.2 Å². The molecule has 0 aromatic heterocycles. The van der Waals surface area contributed by atoms with Crippen molar-refractivity contribution >= 4 is 5.96 Å². The van der Waals surface area contributed by atoms with Crippen molar-refractivity contribution in [2.75, 3.05) is 33.9 Å². The van der Waals surface area contributed by atoms with Crippen molar-refractivity contribution in [2.24, 2.45) is 4.99 Å². The molecule has 0 amide bonds. The number of benzene rings is 1. The van der Waals surface area contributed by atoms with Crippen molar-refractivity contribution in [1.82, 2.24) is 10.6 Å². The normalized spacial score (nSPS) is 11.2. The third kappa shape index (κ3) is 6.10. The lowest BCUT2D eigenvalue weighted by molar-refractivity contribution is 0.203. The Morgan fingerprint density at radius 3 is 2.84 bits per heavy atom. The van der Waals surface area contributed by atoms with Crippen molar-refractivity contribution in [2.45, 2.75) is 13.5 Å². The maximum absolute atomic E-state index is 5.47. The Bertz CT molecular complexity index is 394. The molecule has 0 unspecified atom stereocenters. The number of nitrogens with zero attached hydrogens (tertiary/aromatic N) is 1. The molecule has 5 heteroatoms. The van der Waals surface area contributed by atoms with E-state index < -0.39 is 0 Å². The van der Waals surface area contributed by atoms with Crippen LogP contribution in [0.25, 0.3) is 0 Å². The van der Waals surface area contributed by atoms with E-state index in [0.717, 1.165) is 23.8 Å². The molecule has 0 spiro atoms. The molecule has 0 saturated heterocycles. The summed E-state index contributed by atoms with van der Waals surface area (Å²) in [5.74, 6) is 1.66. The maximum Gasteiger partial charge on any atom is 0.191 e. The highest BCUT2D eigenvalue weighted by Crippen LogP contribution is 2.12. The number of methoxy groups -OCH3 is 1. The van der Waals surface area contributed by atoms with Gasteiger partial charge in [-0.05, 0) is 24.6 Å². The zero-order valence-electron chi connectivity index (χ0n) is 11.9. The van der Waals surface area contributed by atoms with Gasteiger partial charge in [-0.25, -0.2) is 0 Å². The molecule has 1 aromatic rings. The number of hydrogen-bond donors (Lipinski definition) is 2. The van der Waals surface area contributed by atoms with E-state index in [2.05, 4.69) is 21.7 Å². The van der Waals surface area contributed by atoms with Crippen molar-refractivity contribution in [3.63, 3.8) is 0 Å². The molecular weight excluding hydrogens is 242 g/mol. The van der Waals surface area contributed by atoms with E-state index in [9.17, 15) is 0 Å². The van der Waals surface area contributed by atoms with E-state index >= 15 is 0 Å². The quantitative estimate of drug-likeness (QED) is 0.444. The minimum atomic E-state index is 0.653. The Balaban J connectivity index is 2.43. The number of nitrogens with one attached hydrogen (secondary N) is 2. The summed E-state index contributed by atoms with van der Waals surface area (Å²) < 4.78 is 10.4. The summed E-state index contributed by atoms with van der Waals surface area (Å²) in [6.07, 6.45) is 0. The number of ether oxygens (including phenoxy) is 2. The van der Waals surface area contributed by atoms with Gasteiger partial charge < -0.3 is 20.1 Å². The molecule has 0 aliphatic carbocycles. The van der Waals surface area contributed by atoms with Crippen LogP contribution in [0.2, 0.25) is 0 Å². The molecule has 0 radical (unpaired) electrons. The number of hydrogen-bond acceptors (Lipinski definition) is 3. The predicted octanol–water partition coefficient (Wildman–Crippen LogP) is 1.40. The maximum atomic E-state index is 5.47. The smallest absolute Gasteiger partial charge is 0.191 e. The fourth-order valence-corrected chi connectivity index (χ4v) is 1.59. The first-order valence-corrected chi connectivity index (χ1v) is 6.45. The zero-order chi connectivity index (χ0) is 13.9. The molecule has 0 aliphatic heterocycles. The third-order valence-corrected chi connectivity index (χ3v) is 2.49. The number of rotatable bonds is 7. The van der Waals surface area contributed by atoms with Gasteiger partial charge in [0.05, 0.1) is 13.2 Å². The van der Waals surface area contributed by atoms with Crippen LogP contribution in [0.15, 0.2) is 29.3 Å². The second-order valence-corrected chi connectivity index (χ2v) is 3.93. The van der Waals surface area contributed by atoms with Gasteiger partial charge in [0.2, 0.25) is 0 Å². The van der Waals surface area contributed by atoms with E-state index in [0.29, 0.717) is 19.8 Å². The molecule has 1 rings (SSSR count). The summed E-state index contributed by atoms with van der Waals surface area (Å²) in [4.78, 5) is 4.14. The van der Waals surface area contributed by atoms with Crippen LogP contribution in [-0.4, -0.2) is 39.9 Å². The Morgan fingerprint density at radius 1 is 1.32 bits per heavy atom. The first-order valence-electron chi connectivity index (χ1n) is 6.45. The molecule has 106 valence electrons. The summed E-state index contributed by atoms with van der Waals surface area (Å²) >= 11 is 0. The Kier molecular flexibility index (Phi) is 7.43. The largest absolute Gasteiger partial charge is 0.494 e. The van der Waals surface area contributed by atoms with Gasteiger partial charge in [0.15, 0.2) is 5.96 Å². The molecule has 0 fully saturated rings. The van der Waals surface area contributed by atoms with Crippen LogP contribution in [-0.2, 0) is 11.3 Å². The average Bonchev–Trinajstić information content (AvgIpc) is 2.43. The number of guanidine groups is 1. The molecule has 5 nitrogen and oxygen atoms in total. The fourth-order valence-electron chi connectivity index (χ4n) is 1.59. The summed E-state index contributed by atoms with van der Waals surface area (Å²) in [5.41, 5.74) is 1.15. The van der Waals surface area contributed by atoms with Crippen LogP contribution in [0.5, 0.6) is 5.75 Å². The second kappa shape index (κ2) is 9.22. The van der Waals surface area contributed by atoms with Gasteiger partial charge >= 0.3 is 0 Å². The van der Waals surface area contributed by atoms with Crippen LogP contribution in [0, 0.1) is 0 Å². The van der Waals surface area contributed by atoms with Crippen LogP contribution in [0.1, 0.15) is 12.5 Å². The lowest BCUT2D eigenvalue weighted by atomic mass is 10.2. The summed E-state index contributed by atoms with van der Waals surface area (Å²) in [5, 5.41) is 6.40. The van der Waals surface area contributed by atoms with Gasteiger partial charge in [0.25, 0.3) is 0 Å². The summed E-state index contributed by atoms with van der Waals surface area (Å²) in [6.45, 7) is 4.74. The SMILES string of the molecule is CCOc1cccc(CNC(=NC)NCCOC)c1. The first-order chi connectivity index (χ1) is 9.30. The summed E-state index contributed by atoms with van der Waals surface area (Å²) in [6, 6.07) is 8.03. The molecule has 19 heavy (non-hydrogen) atoms. The van der Waals surface area contributed by atoms with Crippen LogP contribution in [0.4, 0.5) is 0 Å². The molecule has 0 saturated carbocycles. The lowest BCUT2D eigenvalue weighted by Gasteiger charge is -2.12. The Labute approximate surface area is 115 Å². The van der Waals surface area contributed by atoms with Gasteiger partial charge in [-0.3, -0.25) is 4.99 Å². The van der Waals surface area contributed by atoms with Gasteiger partial charge in [0, 0.05) is 27.2 Å². The fraction of sp³-hybridized carbons (Fsp3) is 0.500. The molecule has 0 aliphatic rings. The highest BCUT2D eigenvalue weighted by atomic mass is 16.5.